The van der Waals surface area contributed by atoms with E-state index >= 15 is 0 Å². The molecule has 0 bridgehead atoms. The van der Waals surface area contributed by atoms with Crippen LogP contribution in [0.25, 0.3) is 11.3 Å². The van der Waals surface area contributed by atoms with Crippen molar-refractivity contribution in [3.63, 3.8) is 0 Å². The van der Waals surface area contributed by atoms with Crippen molar-refractivity contribution in [2.45, 2.75) is 58.1 Å². The zero-order valence-electron chi connectivity index (χ0n) is 17.9. The molecule has 3 rings (SSSR count). The molecule has 2 aromatic rings. The molecule has 0 saturated carbocycles. The molecule has 2 heterocycles. The fourth-order valence-corrected chi connectivity index (χ4v) is 4.40. The van der Waals surface area contributed by atoms with E-state index in [0.717, 1.165) is 55.7 Å². The molecule has 1 saturated heterocycles. The number of amides is 1. The van der Waals surface area contributed by atoms with Crippen molar-refractivity contribution in [2.24, 2.45) is 0 Å². The number of piperidine rings is 1. The fraction of sp³-hybridized carbons (Fsp3) is 0.545. The first kappa shape index (κ1) is 21.7. The summed E-state index contributed by atoms with van der Waals surface area (Å²) in [5.41, 5.74) is 1.54. The second-order valence-electron chi connectivity index (χ2n) is 9.09. The summed E-state index contributed by atoms with van der Waals surface area (Å²) in [7, 11) is -1.14. The highest BCUT2D eigenvalue weighted by Crippen LogP contribution is 2.30. The first-order chi connectivity index (χ1) is 13.7. The predicted molar refractivity (Wildman–Crippen MR) is 116 cm³/mol. The number of carbonyl (C=O) groups is 1. The number of hydrogen-bond acceptors (Lipinski definition) is 3. The molecule has 0 radical (unpaired) electrons. The van der Waals surface area contributed by atoms with Crippen molar-refractivity contribution in [3.8, 4) is 11.3 Å². The molecule has 0 spiro atoms. The molecule has 1 amide bonds. The summed E-state index contributed by atoms with van der Waals surface area (Å²) in [6, 6.07) is 7.66. The van der Waals surface area contributed by atoms with Gasteiger partial charge in [0.25, 0.3) is 0 Å². The number of carbonyl (C=O) groups excluding carboxylic acids is 1. The fourth-order valence-electron chi connectivity index (χ4n) is 3.64. The predicted octanol–water partition coefficient (Wildman–Crippen LogP) is 4.73. The lowest BCUT2D eigenvalue weighted by molar-refractivity contribution is -0.129. The summed E-state index contributed by atoms with van der Waals surface area (Å²) in [5.74, 6) is 1.11. The Morgan fingerprint density at radius 2 is 2.00 bits per heavy atom. The number of nitrogens with zero attached hydrogens (tertiary/aromatic N) is 3. The molecule has 5 nitrogen and oxygen atoms in total. The molecule has 1 fully saturated rings. The minimum absolute atomic E-state index is 0.127. The van der Waals surface area contributed by atoms with Crippen LogP contribution in [0, 0.1) is 5.82 Å². The molecule has 0 unspecified atom stereocenters. The number of hydrogen-bond donors (Lipinski definition) is 0. The maximum atomic E-state index is 13.7. The van der Waals surface area contributed by atoms with E-state index in [0.29, 0.717) is 6.73 Å². The second-order valence-corrected chi connectivity index (χ2v) is 14.7. The van der Waals surface area contributed by atoms with Crippen molar-refractivity contribution < 1.29 is 13.9 Å². The zero-order chi connectivity index (χ0) is 21.0. The van der Waals surface area contributed by atoms with Crippen molar-refractivity contribution in [3.05, 3.63) is 42.1 Å². The van der Waals surface area contributed by atoms with Crippen molar-refractivity contribution in [1.82, 2.24) is 14.5 Å². The second kappa shape index (κ2) is 9.22. The van der Waals surface area contributed by atoms with Gasteiger partial charge in [-0.2, -0.15) is 0 Å². The van der Waals surface area contributed by atoms with Gasteiger partial charge in [-0.15, -0.1) is 0 Å². The van der Waals surface area contributed by atoms with Crippen LogP contribution in [0.15, 0.2) is 30.5 Å². The summed E-state index contributed by atoms with van der Waals surface area (Å²) in [4.78, 5) is 18.4. The van der Waals surface area contributed by atoms with Crippen LogP contribution in [0.3, 0.4) is 0 Å². The molecule has 1 aromatic carbocycles. The Bertz CT molecular complexity index is 839. The first-order valence-corrected chi connectivity index (χ1v) is 14.1. The van der Waals surface area contributed by atoms with Gasteiger partial charge in [0, 0.05) is 52.4 Å². The quantitative estimate of drug-likeness (QED) is 0.483. The molecular weight excluding hydrogens is 385 g/mol. The molecule has 0 aliphatic carbocycles. The molecule has 0 atom stereocenters. The minimum atomic E-state index is -1.14. The number of halogens is 1. The lowest BCUT2D eigenvalue weighted by Gasteiger charge is -2.31. The molecular formula is C22H32FN3O2Si. The molecule has 1 aliphatic rings. The van der Waals surface area contributed by atoms with Crippen LogP contribution < -0.4 is 0 Å². The number of imidazole rings is 1. The molecule has 158 valence electrons. The Labute approximate surface area is 173 Å². The van der Waals surface area contributed by atoms with E-state index in [-0.39, 0.29) is 17.6 Å². The van der Waals surface area contributed by atoms with Crippen LogP contribution >= 0.6 is 0 Å². The highest BCUT2D eigenvalue weighted by molar-refractivity contribution is 6.76. The highest BCUT2D eigenvalue weighted by atomic mass is 28.3. The third-order valence-electron chi connectivity index (χ3n) is 5.46. The lowest BCUT2D eigenvalue weighted by Crippen LogP contribution is -2.36. The van der Waals surface area contributed by atoms with Crippen LogP contribution in [0.2, 0.25) is 25.7 Å². The lowest BCUT2D eigenvalue weighted by atomic mass is 9.96. The number of likely N-dealkylation sites (tertiary alicyclic amines) is 1. The maximum Gasteiger partial charge on any atom is 0.219 e. The van der Waals surface area contributed by atoms with E-state index in [1.54, 1.807) is 13.0 Å². The first-order valence-electron chi connectivity index (χ1n) is 10.4. The molecule has 1 aliphatic heterocycles. The van der Waals surface area contributed by atoms with Gasteiger partial charge in [-0.1, -0.05) is 31.8 Å². The van der Waals surface area contributed by atoms with Gasteiger partial charge in [0.1, 0.15) is 18.4 Å². The number of aromatic nitrogens is 2. The van der Waals surface area contributed by atoms with Gasteiger partial charge in [0.15, 0.2) is 0 Å². The third-order valence-corrected chi connectivity index (χ3v) is 7.16. The van der Waals surface area contributed by atoms with Gasteiger partial charge in [-0.25, -0.2) is 9.37 Å². The number of rotatable bonds is 7. The van der Waals surface area contributed by atoms with Gasteiger partial charge >= 0.3 is 0 Å². The van der Waals surface area contributed by atoms with Gasteiger partial charge in [-0.3, -0.25) is 4.79 Å². The summed E-state index contributed by atoms with van der Waals surface area (Å²) in [6.45, 7) is 11.3. The SMILES string of the molecule is CC(=O)N1CCC(c2nc(-c3cccc(F)c3)cn2COCC[Si](C)(C)C)CC1. The third kappa shape index (κ3) is 5.99. The van der Waals surface area contributed by atoms with Crippen molar-refractivity contribution >= 4 is 14.0 Å². The largest absolute Gasteiger partial charge is 0.361 e. The zero-order valence-corrected chi connectivity index (χ0v) is 18.9. The van der Waals surface area contributed by atoms with Crippen molar-refractivity contribution in [2.75, 3.05) is 19.7 Å². The molecule has 0 N–H and O–H groups in total. The summed E-state index contributed by atoms with van der Waals surface area (Å²) < 4.78 is 21.7. The summed E-state index contributed by atoms with van der Waals surface area (Å²) in [6.07, 6.45) is 3.73. The van der Waals surface area contributed by atoms with E-state index in [1.807, 2.05) is 17.2 Å². The van der Waals surface area contributed by atoms with Crippen LogP contribution in [-0.2, 0) is 16.3 Å². The van der Waals surface area contributed by atoms with E-state index < -0.39 is 8.07 Å². The van der Waals surface area contributed by atoms with E-state index in [9.17, 15) is 9.18 Å². The Kier molecular flexibility index (Phi) is 6.90. The summed E-state index contributed by atoms with van der Waals surface area (Å²) in [5, 5.41) is 0. The van der Waals surface area contributed by atoms with Gasteiger partial charge < -0.3 is 14.2 Å². The molecule has 29 heavy (non-hydrogen) atoms. The average Bonchev–Trinajstić information content (AvgIpc) is 3.09. The van der Waals surface area contributed by atoms with Crippen LogP contribution in [-0.4, -0.2) is 48.1 Å². The molecule has 7 heteroatoms. The van der Waals surface area contributed by atoms with Crippen LogP contribution in [0.1, 0.15) is 31.5 Å². The van der Waals surface area contributed by atoms with Crippen molar-refractivity contribution in [1.29, 1.82) is 0 Å². The maximum absolute atomic E-state index is 13.7. The minimum Gasteiger partial charge on any atom is -0.361 e. The van der Waals surface area contributed by atoms with Gasteiger partial charge in [0.05, 0.1) is 5.69 Å². The van der Waals surface area contributed by atoms with E-state index in [2.05, 4.69) is 24.2 Å². The Morgan fingerprint density at radius 1 is 1.28 bits per heavy atom. The standard InChI is InChI=1S/C22H32FN3O2Si/c1-17(27)25-10-8-18(9-11-25)22-24-21(19-6-5-7-20(23)14-19)15-26(22)16-28-12-13-29(2,3)4/h5-7,14-15,18H,8-13,16H2,1-4H3. The Balaban J connectivity index is 1.78. The van der Waals surface area contributed by atoms with E-state index in [4.69, 9.17) is 9.72 Å². The van der Waals surface area contributed by atoms with E-state index in [1.165, 1.54) is 12.1 Å². The number of benzene rings is 1. The highest BCUT2D eigenvalue weighted by Gasteiger charge is 2.26. The normalized spacial score (nSPS) is 15.7. The van der Waals surface area contributed by atoms with Gasteiger partial charge in [0.2, 0.25) is 5.91 Å². The average molecular weight is 418 g/mol. The van der Waals surface area contributed by atoms with Gasteiger partial charge in [-0.05, 0) is 31.0 Å². The Morgan fingerprint density at radius 3 is 2.62 bits per heavy atom. The Hall–Kier alpha value is -1.99. The molecule has 1 aromatic heterocycles. The van der Waals surface area contributed by atoms with Crippen LogP contribution in [0.4, 0.5) is 4.39 Å². The number of ether oxygens (including phenoxy) is 1. The smallest absolute Gasteiger partial charge is 0.219 e. The van der Waals surface area contributed by atoms with Crippen LogP contribution in [0.5, 0.6) is 0 Å². The monoisotopic (exact) mass is 417 g/mol. The summed E-state index contributed by atoms with van der Waals surface area (Å²) >= 11 is 0. The topological polar surface area (TPSA) is 47.4 Å².